The number of amides is 2. The zero-order valence-corrected chi connectivity index (χ0v) is 19.6. The van der Waals surface area contributed by atoms with E-state index in [0.29, 0.717) is 24.8 Å². The maximum absolute atomic E-state index is 14.2. The molecule has 8 nitrogen and oxygen atoms in total. The number of halogens is 3. The zero-order valence-electron chi connectivity index (χ0n) is 18.9. The van der Waals surface area contributed by atoms with E-state index in [-0.39, 0.29) is 53.7 Å². The van der Waals surface area contributed by atoms with E-state index < -0.39 is 28.0 Å². The predicted molar refractivity (Wildman–Crippen MR) is 122 cm³/mol. The Morgan fingerprint density at radius 3 is 2.77 bits per heavy atom. The number of nitrogens with zero attached hydrogens (tertiary/aromatic N) is 2. The highest BCUT2D eigenvalue weighted by atomic mass is 35.5. The predicted octanol–water partition coefficient (Wildman–Crippen LogP) is 2.51. The van der Waals surface area contributed by atoms with Gasteiger partial charge in [-0.25, -0.2) is 8.78 Å². The number of aliphatic hydroxyl groups excluding tert-OH is 1. The lowest BCUT2D eigenvalue weighted by Gasteiger charge is -2.42. The van der Waals surface area contributed by atoms with Gasteiger partial charge in [0.25, 0.3) is 11.8 Å². The van der Waals surface area contributed by atoms with Crippen LogP contribution in [0.25, 0.3) is 0 Å². The smallest absolute Gasteiger partial charge is 0.274 e. The molecule has 35 heavy (non-hydrogen) atoms. The standard InChI is InChI=1S/C24H24ClF2N3O5/c1-35-22-20-24(34)29(5-2-6-31)19-13-7-12(13)8-16(19)30(20)10-14(21(22)32)23(33)28-9-11-3-4-15(26)17(25)18(11)27/h3-4,10,12-13,16,19,31H,2,5-9H2,1H3,(H,28,33)/t12-,13-,16-,19-/m0/s1. The molecule has 2 saturated carbocycles. The molecule has 1 aromatic carbocycles. The minimum absolute atomic E-state index is 0.0413. The number of methoxy groups -OCH3 is 1. The van der Waals surface area contributed by atoms with Crippen molar-refractivity contribution in [2.45, 2.75) is 37.9 Å². The highest BCUT2D eigenvalue weighted by molar-refractivity contribution is 6.30. The first-order valence-electron chi connectivity index (χ1n) is 11.4. The molecule has 0 bridgehead atoms. The fraction of sp³-hybridized carbons (Fsp3) is 0.458. The quantitative estimate of drug-likeness (QED) is 0.561. The summed E-state index contributed by atoms with van der Waals surface area (Å²) in [5.74, 6) is -2.47. The Labute approximate surface area is 204 Å². The van der Waals surface area contributed by atoms with Crippen molar-refractivity contribution in [3.05, 3.63) is 62.0 Å². The Bertz CT molecular complexity index is 1280. The van der Waals surface area contributed by atoms with Crippen molar-refractivity contribution >= 4 is 23.4 Å². The number of aliphatic hydroxyl groups is 1. The van der Waals surface area contributed by atoms with E-state index in [9.17, 15) is 28.3 Å². The van der Waals surface area contributed by atoms with Gasteiger partial charge in [0.1, 0.15) is 22.2 Å². The van der Waals surface area contributed by atoms with Crippen LogP contribution in [-0.2, 0) is 6.54 Å². The molecule has 0 saturated heterocycles. The summed E-state index contributed by atoms with van der Waals surface area (Å²) >= 11 is 5.60. The van der Waals surface area contributed by atoms with Gasteiger partial charge in [0, 0.05) is 31.5 Å². The minimum atomic E-state index is -0.992. The number of benzene rings is 1. The summed E-state index contributed by atoms with van der Waals surface area (Å²) in [4.78, 5) is 41.3. The van der Waals surface area contributed by atoms with Crippen LogP contribution < -0.4 is 15.5 Å². The van der Waals surface area contributed by atoms with Crippen LogP contribution >= 0.6 is 11.6 Å². The van der Waals surface area contributed by atoms with Gasteiger partial charge in [0.05, 0.1) is 19.2 Å². The SMILES string of the molecule is COc1c2n(cc(C(=O)NCc3ccc(F)c(Cl)c3F)c1=O)[C@H]1C[C@@H]3C[C@@H]3[C@@H]1N(CCCO)C2=O. The number of carbonyl (C=O) groups is 2. The van der Waals surface area contributed by atoms with E-state index in [1.165, 1.54) is 13.3 Å². The molecule has 186 valence electrons. The molecular formula is C24H24ClF2N3O5. The number of fused-ring (bicyclic) bond motifs is 5. The van der Waals surface area contributed by atoms with Crippen molar-refractivity contribution in [1.82, 2.24) is 14.8 Å². The minimum Gasteiger partial charge on any atom is -0.491 e. The summed E-state index contributed by atoms with van der Waals surface area (Å²) < 4.78 is 34.7. The number of hydrogen-bond acceptors (Lipinski definition) is 5. The van der Waals surface area contributed by atoms with E-state index >= 15 is 0 Å². The molecule has 2 aromatic rings. The second-order valence-corrected chi connectivity index (χ2v) is 9.59. The average molecular weight is 508 g/mol. The van der Waals surface area contributed by atoms with E-state index in [1.807, 2.05) is 0 Å². The number of carbonyl (C=O) groups excluding carboxylic acids is 2. The topological polar surface area (TPSA) is 101 Å². The summed E-state index contributed by atoms with van der Waals surface area (Å²) in [5.41, 5.74) is -0.951. The first-order chi connectivity index (χ1) is 16.8. The van der Waals surface area contributed by atoms with Crippen molar-refractivity contribution in [3.8, 4) is 5.75 Å². The van der Waals surface area contributed by atoms with Gasteiger partial charge < -0.3 is 24.6 Å². The summed E-state index contributed by atoms with van der Waals surface area (Å²) in [6.07, 6.45) is 3.63. The number of ether oxygens (including phenoxy) is 1. The monoisotopic (exact) mass is 507 g/mol. The molecule has 2 N–H and O–H groups in total. The van der Waals surface area contributed by atoms with E-state index in [0.717, 1.165) is 25.0 Å². The van der Waals surface area contributed by atoms with Crippen molar-refractivity contribution < 1.29 is 28.2 Å². The third-order valence-electron chi connectivity index (χ3n) is 7.29. The fourth-order valence-corrected chi connectivity index (χ4v) is 5.76. The lowest BCUT2D eigenvalue weighted by Crippen LogP contribution is -2.52. The molecule has 0 radical (unpaired) electrons. The molecule has 2 aliphatic carbocycles. The van der Waals surface area contributed by atoms with E-state index in [1.54, 1.807) is 9.47 Å². The third kappa shape index (κ3) is 3.79. The van der Waals surface area contributed by atoms with E-state index in [2.05, 4.69) is 5.32 Å². The van der Waals surface area contributed by atoms with Crippen LogP contribution in [0.5, 0.6) is 5.75 Å². The highest BCUT2D eigenvalue weighted by Crippen LogP contribution is 2.59. The summed E-state index contributed by atoms with van der Waals surface area (Å²) in [5, 5.41) is 11.1. The van der Waals surface area contributed by atoms with Crippen molar-refractivity contribution in [1.29, 1.82) is 0 Å². The molecule has 2 heterocycles. The van der Waals surface area contributed by atoms with Gasteiger partial charge in [-0.2, -0.15) is 0 Å². The Morgan fingerprint density at radius 2 is 2.06 bits per heavy atom. The largest absolute Gasteiger partial charge is 0.491 e. The molecule has 3 aliphatic rings. The third-order valence-corrected chi connectivity index (χ3v) is 7.63. The molecule has 5 rings (SSSR count). The highest BCUT2D eigenvalue weighted by Gasteiger charge is 2.59. The van der Waals surface area contributed by atoms with Gasteiger partial charge in [-0.1, -0.05) is 17.7 Å². The summed E-state index contributed by atoms with van der Waals surface area (Å²) in [7, 11) is 1.26. The molecule has 0 spiro atoms. The number of rotatable bonds is 7. The van der Waals surface area contributed by atoms with E-state index in [4.69, 9.17) is 16.3 Å². The first kappa shape index (κ1) is 23.7. The van der Waals surface area contributed by atoms with Gasteiger partial charge in [-0.15, -0.1) is 0 Å². The average Bonchev–Trinajstić information content (AvgIpc) is 3.52. The number of nitrogens with one attached hydrogen (secondary N) is 1. The van der Waals surface area contributed by atoms with Gasteiger partial charge in [-0.05, 0) is 37.2 Å². The summed E-state index contributed by atoms with van der Waals surface area (Å²) in [6, 6.07) is 1.94. The van der Waals surface area contributed by atoms with Gasteiger partial charge in [-0.3, -0.25) is 14.4 Å². The molecule has 0 unspecified atom stereocenters. The molecule has 4 atom stereocenters. The van der Waals surface area contributed by atoms with Crippen LogP contribution in [0.1, 0.15) is 51.7 Å². The van der Waals surface area contributed by atoms with Gasteiger partial charge in [0.15, 0.2) is 11.4 Å². The second-order valence-electron chi connectivity index (χ2n) is 9.21. The number of aromatic nitrogens is 1. The Morgan fingerprint density at radius 1 is 1.29 bits per heavy atom. The Balaban J connectivity index is 1.50. The van der Waals surface area contributed by atoms with Gasteiger partial charge in [0.2, 0.25) is 5.43 Å². The maximum atomic E-state index is 14.2. The molecule has 2 amide bonds. The number of hydrogen-bond donors (Lipinski definition) is 2. The molecule has 11 heteroatoms. The summed E-state index contributed by atoms with van der Waals surface area (Å²) in [6.45, 7) is -0.0124. The van der Waals surface area contributed by atoms with Crippen molar-refractivity contribution in [3.63, 3.8) is 0 Å². The fourth-order valence-electron chi connectivity index (χ4n) is 5.58. The number of pyridine rings is 1. The maximum Gasteiger partial charge on any atom is 0.274 e. The van der Waals surface area contributed by atoms with Crippen LogP contribution in [0.15, 0.2) is 23.1 Å². The Kier molecular flexibility index (Phi) is 6.04. The van der Waals surface area contributed by atoms with Gasteiger partial charge >= 0.3 is 0 Å². The van der Waals surface area contributed by atoms with Crippen LogP contribution in [0, 0.1) is 23.5 Å². The van der Waals surface area contributed by atoms with Crippen molar-refractivity contribution in [2.24, 2.45) is 11.8 Å². The zero-order chi connectivity index (χ0) is 25.0. The lowest BCUT2D eigenvalue weighted by atomic mass is 9.97. The molecular weight excluding hydrogens is 484 g/mol. The van der Waals surface area contributed by atoms with Crippen LogP contribution in [0.3, 0.4) is 0 Å². The molecule has 2 fully saturated rings. The Hall–Kier alpha value is -2.98. The van der Waals surface area contributed by atoms with Crippen LogP contribution in [-0.4, -0.2) is 52.7 Å². The normalized spacial score (nSPS) is 24.0. The van der Waals surface area contributed by atoms with Crippen molar-refractivity contribution in [2.75, 3.05) is 20.3 Å². The van der Waals surface area contributed by atoms with Crippen LogP contribution in [0.2, 0.25) is 5.02 Å². The molecule has 1 aromatic heterocycles. The van der Waals surface area contributed by atoms with Crippen LogP contribution in [0.4, 0.5) is 8.78 Å². The molecule has 1 aliphatic heterocycles. The second kappa shape index (κ2) is 8.91. The lowest BCUT2D eigenvalue weighted by molar-refractivity contribution is 0.0490. The first-order valence-corrected chi connectivity index (χ1v) is 11.8.